The number of aliphatic carboxylic acids is 1. The van der Waals surface area contributed by atoms with Gasteiger partial charge in [0.2, 0.25) is 0 Å². The highest BCUT2D eigenvalue weighted by molar-refractivity contribution is 5.67. The monoisotopic (exact) mass is 106 g/mol. The third-order valence-corrected chi connectivity index (χ3v) is 0.279. The molecule has 0 rings (SSSR count). The summed E-state index contributed by atoms with van der Waals surface area (Å²) >= 11 is 0. The van der Waals surface area contributed by atoms with E-state index in [9.17, 15) is 4.79 Å². The van der Waals surface area contributed by atoms with Gasteiger partial charge in [-0.2, -0.15) is 0 Å². The standard InChI is InChI=1S/C2H6N2O3/c3-4-7-1-2(5)6/h4H,1,3H2,(H,5,6). The Labute approximate surface area is 40.0 Å². The van der Waals surface area contributed by atoms with Gasteiger partial charge >= 0.3 is 5.97 Å². The van der Waals surface area contributed by atoms with Crippen LogP contribution >= 0.6 is 0 Å². The molecule has 0 aliphatic rings. The van der Waals surface area contributed by atoms with E-state index in [-0.39, 0.29) is 0 Å². The summed E-state index contributed by atoms with van der Waals surface area (Å²) in [4.78, 5) is 13.6. The minimum absolute atomic E-state index is 0.420. The van der Waals surface area contributed by atoms with Crippen molar-refractivity contribution in [2.24, 2.45) is 5.84 Å². The van der Waals surface area contributed by atoms with Crippen LogP contribution in [0, 0.1) is 0 Å². The molecule has 0 aliphatic heterocycles. The van der Waals surface area contributed by atoms with Gasteiger partial charge in [0.1, 0.15) is 0 Å². The average molecular weight is 106 g/mol. The van der Waals surface area contributed by atoms with Gasteiger partial charge in [-0.1, -0.05) is 0 Å². The molecule has 0 aromatic carbocycles. The van der Waals surface area contributed by atoms with Gasteiger partial charge in [-0.3, -0.25) is 4.84 Å². The zero-order chi connectivity index (χ0) is 5.70. The quantitative estimate of drug-likeness (QED) is 0.300. The minimum atomic E-state index is -1.06. The largest absolute Gasteiger partial charge is 0.479 e. The average Bonchev–Trinajstić information content (AvgIpc) is 1.61. The molecule has 0 saturated heterocycles. The van der Waals surface area contributed by atoms with Gasteiger partial charge < -0.3 is 5.11 Å². The van der Waals surface area contributed by atoms with Gasteiger partial charge in [-0.25, -0.2) is 10.6 Å². The summed E-state index contributed by atoms with van der Waals surface area (Å²) in [5.74, 6) is 3.48. The third-order valence-electron chi connectivity index (χ3n) is 0.279. The third kappa shape index (κ3) is 5.35. The molecule has 0 fully saturated rings. The molecule has 0 unspecified atom stereocenters. The fourth-order valence-electron chi connectivity index (χ4n) is 0.103. The fraction of sp³-hybridized carbons (Fsp3) is 0.500. The maximum absolute atomic E-state index is 9.54. The number of hydrogen-bond donors (Lipinski definition) is 3. The van der Waals surface area contributed by atoms with Crippen LogP contribution in [0.4, 0.5) is 0 Å². The predicted molar refractivity (Wildman–Crippen MR) is 20.9 cm³/mol. The molecular weight excluding hydrogens is 100 g/mol. The maximum atomic E-state index is 9.54. The first-order chi connectivity index (χ1) is 3.27. The molecule has 0 spiro atoms. The second kappa shape index (κ2) is 3.54. The van der Waals surface area contributed by atoms with E-state index in [1.807, 2.05) is 0 Å². The Balaban J connectivity index is 2.82. The number of rotatable bonds is 3. The molecule has 7 heavy (non-hydrogen) atoms. The van der Waals surface area contributed by atoms with Crippen molar-refractivity contribution in [3.8, 4) is 0 Å². The summed E-state index contributed by atoms with van der Waals surface area (Å²) in [5, 5.41) is 7.82. The van der Waals surface area contributed by atoms with Gasteiger partial charge in [0, 0.05) is 0 Å². The van der Waals surface area contributed by atoms with Crippen LogP contribution in [-0.2, 0) is 9.63 Å². The van der Waals surface area contributed by atoms with E-state index in [1.165, 1.54) is 0 Å². The van der Waals surface area contributed by atoms with Crippen LogP contribution in [-0.4, -0.2) is 17.7 Å². The normalized spacial score (nSPS) is 8.71. The SMILES string of the molecule is NNOCC(=O)O. The smallest absolute Gasteiger partial charge is 0.331 e. The van der Waals surface area contributed by atoms with E-state index >= 15 is 0 Å². The van der Waals surface area contributed by atoms with Crippen molar-refractivity contribution in [3.05, 3.63) is 0 Å². The number of nitrogens with one attached hydrogen (secondary N) is 1. The zero-order valence-corrected chi connectivity index (χ0v) is 3.55. The lowest BCUT2D eigenvalue weighted by molar-refractivity contribution is -0.145. The Morgan fingerprint density at radius 1 is 2.00 bits per heavy atom. The Hall–Kier alpha value is -0.650. The van der Waals surface area contributed by atoms with Crippen molar-refractivity contribution in [3.63, 3.8) is 0 Å². The molecule has 0 aliphatic carbocycles. The Bertz CT molecular complexity index is 64.0. The second-order valence-electron chi connectivity index (χ2n) is 0.800. The van der Waals surface area contributed by atoms with Gasteiger partial charge in [-0.05, 0) is 0 Å². The highest BCUT2D eigenvalue weighted by Crippen LogP contribution is 1.60. The van der Waals surface area contributed by atoms with E-state index in [1.54, 1.807) is 5.59 Å². The fourth-order valence-corrected chi connectivity index (χ4v) is 0.103. The van der Waals surface area contributed by atoms with Gasteiger partial charge in [0.05, 0.1) is 0 Å². The van der Waals surface area contributed by atoms with Crippen molar-refractivity contribution in [2.75, 3.05) is 6.61 Å². The Morgan fingerprint density at radius 2 is 2.57 bits per heavy atom. The van der Waals surface area contributed by atoms with Gasteiger partial charge in [-0.15, -0.1) is 5.59 Å². The molecule has 0 heterocycles. The number of hydrazine groups is 1. The van der Waals surface area contributed by atoms with Gasteiger partial charge in [0.15, 0.2) is 6.61 Å². The maximum Gasteiger partial charge on any atom is 0.331 e. The molecule has 0 aromatic rings. The van der Waals surface area contributed by atoms with Crippen molar-refractivity contribution in [2.45, 2.75) is 0 Å². The van der Waals surface area contributed by atoms with E-state index < -0.39 is 12.6 Å². The van der Waals surface area contributed by atoms with E-state index in [2.05, 4.69) is 10.7 Å². The van der Waals surface area contributed by atoms with Crippen LogP contribution in [0.25, 0.3) is 0 Å². The minimum Gasteiger partial charge on any atom is -0.479 e. The van der Waals surface area contributed by atoms with Crippen LogP contribution in [0.3, 0.4) is 0 Å². The molecule has 0 radical (unpaired) electrons. The van der Waals surface area contributed by atoms with E-state index in [0.29, 0.717) is 0 Å². The molecule has 0 bridgehead atoms. The summed E-state index contributed by atoms with van der Waals surface area (Å²) < 4.78 is 0. The molecule has 42 valence electrons. The lowest BCUT2D eigenvalue weighted by Gasteiger charge is -1.91. The second-order valence-corrected chi connectivity index (χ2v) is 0.800. The van der Waals surface area contributed by atoms with Crippen LogP contribution in [0.15, 0.2) is 0 Å². The molecule has 5 heteroatoms. The lowest BCUT2D eigenvalue weighted by Crippen LogP contribution is -2.25. The number of nitrogens with two attached hydrogens (primary N) is 1. The van der Waals surface area contributed by atoms with Crippen LogP contribution in [0.2, 0.25) is 0 Å². The number of carbonyl (C=O) groups is 1. The molecule has 0 aromatic heterocycles. The summed E-state index contributed by atoms with van der Waals surface area (Å²) in [6, 6.07) is 0. The topological polar surface area (TPSA) is 84.6 Å². The predicted octanol–water partition coefficient (Wildman–Crippen LogP) is -1.53. The Kier molecular flexibility index (Phi) is 3.21. The van der Waals surface area contributed by atoms with Gasteiger partial charge in [0.25, 0.3) is 0 Å². The van der Waals surface area contributed by atoms with Crippen LogP contribution in [0.5, 0.6) is 0 Å². The number of hydrogen-bond acceptors (Lipinski definition) is 4. The molecule has 0 amide bonds. The van der Waals surface area contributed by atoms with Crippen LogP contribution < -0.4 is 11.4 Å². The van der Waals surface area contributed by atoms with Crippen LogP contribution in [0.1, 0.15) is 0 Å². The van der Waals surface area contributed by atoms with Crippen molar-refractivity contribution >= 4 is 5.97 Å². The number of carboxylic acid groups (broad SMARTS) is 1. The molecule has 4 N–H and O–H groups in total. The van der Waals surface area contributed by atoms with Crippen molar-refractivity contribution in [1.29, 1.82) is 0 Å². The molecule has 0 saturated carbocycles. The van der Waals surface area contributed by atoms with Crippen molar-refractivity contribution < 1.29 is 14.7 Å². The Morgan fingerprint density at radius 3 is 2.71 bits per heavy atom. The zero-order valence-electron chi connectivity index (χ0n) is 3.55. The first-order valence-electron chi connectivity index (χ1n) is 1.56. The van der Waals surface area contributed by atoms with Crippen molar-refractivity contribution in [1.82, 2.24) is 5.59 Å². The molecule has 5 nitrogen and oxygen atoms in total. The lowest BCUT2D eigenvalue weighted by atomic mass is 10.8. The summed E-state index contributed by atoms with van der Waals surface area (Å²) in [6.45, 7) is -0.420. The first kappa shape index (κ1) is 6.35. The molecular formula is C2H6N2O3. The summed E-state index contributed by atoms with van der Waals surface area (Å²) in [7, 11) is 0. The number of carboxylic acids is 1. The highest BCUT2D eigenvalue weighted by atomic mass is 16.7. The van der Waals surface area contributed by atoms with E-state index in [0.717, 1.165) is 0 Å². The highest BCUT2D eigenvalue weighted by Gasteiger charge is 1.91. The first-order valence-corrected chi connectivity index (χ1v) is 1.56. The summed E-state index contributed by atoms with van der Waals surface area (Å²) in [5.41, 5.74) is 1.72. The molecule has 0 atom stereocenters. The van der Waals surface area contributed by atoms with E-state index in [4.69, 9.17) is 5.11 Å². The summed E-state index contributed by atoms with van der Waals surface area (Å²) in [6.07, 6.45) is 0.